The summed E-state index contributed by atoms with van der Waals surface area (Å²) in [7, 11) is 0. The van der Waals surface area contributed by atoms with Gasteiger partial charge >= 0.3 is 0 Å². The highest BCUT2D eigenvalue weighted by Crippen LogP contribution is 2.21. The van der Waals surface area contributed by atoms with Crippen LogP contribution in [0.3, 0.4) is 0 Å². The lowest BCUT2D eigenvalue weighted by molar-refractivity contribution is 0.261. The predicted molar refractivity (Wildman–Crippen MR) is 83.1 cm³/mol. The molecule has 1 aromatic carbocycles. The number of hydrogen-bond donors (Lipinski definition) is 1. The highest BCUT2D eigenvalue weighted by Gasteiger charge is 2.10. The second-order valence-electron chi connectivity index (χ2n) is 4.85. The van der Waals surface area contributed by atoms with Gasteiger partial charge in [-0.3, -0.25) is 0 Å². The van der Waals surface area contributed by atoms with Crippen LogP contribution in [0.2, 0.25) is 5.02 Å². The van der Waals surface area contributed by atoms with Crippen LogP contribution < -0.4 is 0 Å². The summed E-state index contributed by atoms with van der Waals surface area (Å²) in [5.41, 5.74) is 1.89. The number of nitrogens with zero attached hydrogens (tertiary/aromatic N) is 3. The molecule has 20 heavy (non-hydrogen) atoms. The Kier molecular flexibility index (Phi) is 5.40. The van der Waals surface area contributed by atoms with E-state index >= 15 is 0 Å². The molecule has 5 heteroatoms. The van der Waals surface area contributed by atoms with Crippen molar-refractivity contribution in [1.29, 1.82) is 0 Å². The van der Waals surface area contributed by atoms with Crippen LogP contribution in [0.5, 0.6) is 0 Å². The van der Waals surface area contributed by atoms with E-state index < -0.39 is 0 Å². The van der Waals surface area contributed by atoms with Crippen LogP contribution in [0, 0.1) is 0 Å². The van der Waals surface area contributed by atoms with Crippen molar-refractivity contribution in [1.82, 2.24) is 14.5 Å². The molecule has 2 aromatic rings. The molecule has 0 aliphatic rings. The van der Waals surface area contributed by atoms with E-state index in [0.717, 1.165) is 43.6 Å². The zero-order valence-electron chi connectivity index (χ0n) is 12.1. The van der Waals surface area contributed by atoms with Crippen molar-refractivity contribution in [2.45, 2.75) is 33.4 Å². The number of fused-ring (bicyclic) bond motifs is 1. The molecule has 1 aromatic heterocycles. The first-order valence-corrected chi connectivity index (χ1v) is 7.55. The van der Waals surface area contributed by atoms with E-state index in [2.05, 4.69) is 28.3 Å². The lowest BCUT2D eigenvalue weighted by atomic mass is 10.3. The van der Waals surface area contributed by atoms with Gasteiger partial charge in [-0.15, -0.1) is 0 Å². The molecule has 1 N–H and O–H groups in total. The molecule has 1 heterocycles. The van der Waals surface area contributed by atoms with Crippen molar-refractivity contribution in [2.75, 3.05) is 19.6 Å². The Labute approximate surface area is 125 Å². The summed E-state index contributed by atoms with van der Waals surface area (Å²) in [5.74, 6) is 0.710. The van der Waals surface area contributed by atoms with Crippen LogP contribution in [-0.4, -0.2) is 39.2 Å². The number of halogens is 1. The molecular formula is C15H22ClN3O. The Balaban J connectivity index is 2.15. The molecule has 0 aliphatic heterocycles. The maximum atomic E-state index is 9.46. The van der Waals surface area contributed by atoms with E-state index in [1.165, 1.54) is 0 Å². The molecule has 0 amide bonds. The normalized spacial score (nSPS) is 11.7. The van der Waals surface area contributed by atoms with E-state index in [-0.39, 0.29) is 6.61 Å². The van der Waals surface area contributed by atoms with Gasteiger partial charge in [-0.1, -0.05) is 25.4 Å². The topological polar surface area (TPSA) is 41.3 Å². The van der Waals surface area contributed by atoms with Gasteiger partial charge in [0.15, 0.2) is 0 Å². The average Bonchev–Trinajstić information content (AvgIpc) is 2.80. The first kappa shape index (κ1) is 15.3. The van der Waals surface area contributed by atoms with E-state index in [9.17, 15) is 5.11 Å². The van der Waals surface area contributed by atoms with Crippen molar-refractivity contribution >= 4 is 22.6 Å². The van der Waals surface area contributed by atoms with E-state index in [1.54, 1.807) is 0 Å². The fourth-order valence-corrected chi connectivity index (χ4v) is 2.68. The Hall–Kier alpha value is -1.10. The summed E-state index contributed by atoms with van der Waals surface area (Å²) in [4.78, 5) is 6.84. The molecular weight excluding hydrogens is 274 g/mol. The summed E-state index contributed by atoms with van der Waals surface area (Å²) >= 11 is 5.99. The van der Waals surface area contributed by atoms with Crippen LogP contribution in [0.1, 0.15) is 26.1 Å². The second-order valence-corrected chi connectivity index (χ2v) is 5.29. The molecule has 0 unspecified atom stereocenters. The molecule has 4 nitrogen and oxygen atoms in total. The molecule has 0 saturated heterocycles. The number of aryl methyl sites for hydroxylation is 1. The van der Waals surface area contributed by atoms with Crippen LogP contribution in [0.4, 0.5) is 0 Å². The highest BCUT2D eigenvalue weighted by atomic mass is 35.5. The zero-order valence-corrected chi connectivity index (χ0v) is 12.9. The van der Waals surface area contributed by atoms with Gasteiger partial charge in [0.05, 0.1) is 11.0 Å². The lowest BCUT2D eigenvalue weighted by Gasteiger charge is -2.18. The largest absolute Gasteiger partial charge is 0.388 e. The number of aliphatic hydroxyl groups excluding tert-OH is 1. The molecule has 0 fully saturated rings. The fourth-order valence-electron chi connectivity index (χ4n) is 2.52. The van der Waals surface area contributed by atoms with Gasteiger partial charge in [0.25, 0.3) is 0 Å². The number of aromatic nitrogens is 2. The first-order chi connectivity index (χ1) is 9.69. The quantitative estimate of drug-likeness (QED) is 0.854. The van der Waals surface area contributed by atoms with E-state index in [4.69, 9.17) is 11.6 Å². The number of aliphatic hydroxyl groups is 1. The van der Waals surface area contributed by atoms with Gasteiger partial charge in [-0.05, 0) is 44.3 Å². The van der Waals surface area contributed by atoms with Gasteiger partial charge in [-0.2, -0.15) is 0 Å². The minimum absolute atomic E-state index is 0.0441. The Morgan fingerprint density at radius 3 is 2.70 bits per heavy atom. The Bertz CT molecular complexity index is 563. The minimum atomic E-state index is -0.0441. The van der Waals surface area contributed by atoms with Crippen molar-refractivity contribution in [2.24, 2.45) is 0 Å². The van der Waals surface area contributed by atoms with Crippen LogP contribution in [0.15, 0.2) is 18.2 Å². The number of rotatable bonds is 7. The third-order valence-electron chi connectivity index (χ3n) is 3.68. The Morgan fingerprint density at radius 1 is 1.30 bits per heavy atom. The minimum Gasteiger partial charge on any atom is -0.388 e. The van der Waals surface area contributed by atoms with E-state index in [0.29, 0.717) is 10.8 Å². The SMILES string of the molecule is CCN(CC)CCCn1c(CO)nc2cc(Cl)ccc21. The molecule has 0 aliphatic carbocycles. The third kappa shape index (κ3) is 3.32. The van der Waals surface area contributed by atoms with Crippen LogP contribution >= 0.6 is 11.6 Å². The summed E-state index contributed by atoms with van der Waals surface area (Å²) in [6, 6.07) is 5.69. The molecule has 0 bridgehead atoms. The van der Waals surface area contributed by atoms with Gasteiger partial charge in [0.1, 0.15) is 12.4 Å². The smallest absolute Gasteiger partial charge is 0.135 e. The predicted octanol–water partition coefficient (Wildman–Crippen LogP) is 2.91. The van der Waals surface area contributed by atoms with E-state index in [1.807, 2.05) is 18.2 Å². The molecule has 0 saturated carbocycles. The van der Waals surface area contributed by atoms with Crippen molar-refractivity contribution in [3.63, 3.8) is 0 Å². The first-order valence-electron chi connectivity index (χ1n) is 7.17. The average molecular weight is 296 g/mol. The molecule has 0 radical (unpaired) electrons. The highest BCUT2D eigenvalue weighted by molar-refractivity contribution is 6.31. The van der Waals surface area contributed by atoms with Crippen molar-refractivity contribution < 1.29 is 5.11 Å². The Morgan fingerprint density at radius 2 is 2.05 bits per heavy atom. The van der Waals surface area contributed by atoms with Gasteiger partial charge in [0, 0.05) is 11.6 Å². The molecule has 2 rings (SSSR count). The number of benzene rings is 1. The van der Waals surface area contributed by atoms with Crippen LogP contribution in [-0.2, 0) is 13.2 Å². The fraction of sp³-hybridized carbons (Fsp3) is 0.533. The molecule has 110 valence electrons. The summed E-state index contributed by atoms with van der Waals surface area (Å²) in [6.45, 7) is 8.38. The molecule has 0 atom stereocenters. The second kappa shape index (κ2) is 7.07. The van der Waals surface area contributed by atoms with Crippen molar-refractivity contribution in [3.8, 4) is 0 Å². The summed E-state index contributed by atoms with van der Waals surface area (Å²) < 4.78 is 2.09. The maximum Gasteiger partial charge on any atom is 0.135 e. The maximum absolute atomic E-state index is 9.46. The third-order valence-corrected chi connectivity index (χ3v) is 3.92. The van der Waals surface area contributed by atoms with Gasteiger partial charge in [-0.25, -0.2) is 4.98 Å². The van der Waals surface area contributed by atoms with Crippen molar-refractivity contribution in [3.05, 3.63) is 29.0 Å². The monoisotopic (exact) mass is 295 g/mol. The standard InChI is InChI=1S/C15H22ClN3O/c1-3-18(4-2)8-5-9-19-14-7-6-12(16)10-13(14)17-15(19)11-20/h6-7,10,20H,3-5,8-9,11H2,1-2H3. The van der Waals surface area contributed by atoms with Gasteiger partial charge < -0.3 is 14.6 Å². The summed E-state index contributed by atoms with van der Waals surface area (Å²) in [6.07, 6.45) is 1.04. The number of hydrogen-bond acceptors (Lipinski definition) is 3. The summed E-state index contributed by atoms with van der Waals surface area (Å²) in [5, 5.41) is 10.1. The van der Waals surface area contributed by atoms with Crippen LogP contribution in [0.25, 0.3) is 11.0 Å². The lowest BCUT2D eigenvalue weighted by Crippen LogP contribution is -2.25. The number of imidazole rings is 1. The zero-order chi connectivity index (χ0) is 14.5. The molecule has 0 spiro atoms. The van der Waals surface area contributed by atoms with Gasteiger partial charge in [0.2, 0.25) is 0 Å².